The number of aromatic nitrogens is 2. The largest absolute Gasteiger partial charge is 0.493 e. The number of ether oxygens (including phenoxy) is 2. The van der Waals surface area contributed by atoms with Crippen molar-refractivity contribution in [2.24, 2.45) is 0 Å². The summed E-state index contributed by atoms with van der Waals surface area (Å²) in [6.07, 6.45) is 0. The van der Waals surface area contributed by atoms with E-state index in [0.717, 1.165) is 5.56 Å². The average molecular weight is 382 g/mol. The lowest BCUT2D eigenvalue weighted by Crippen LogP contribution is -2.05. The number of hydrogen-bond acceptors (Lipinski definition) is 7. The van der Waals surface area contributed by atoms with E-state index in [9.17, 15) is 5.26 Å². The molecule has 7 nitrogen and oxygen atoms in total. The van der Waals surface area contributed by atoms with Crippen LogP contribution >= 0.6 is 11.6 Å². The van der Waals surface area contributed by atoms with Gasteiger partial charge >= 0.3 is 0 Å². The number of benzene rings is 2. The predicted molar refractivity (Wildman–Crippen MR) is 103 cm³/mol. The molecule has 0 fully saturated rings. The van der Waals surface area contributed by atoms with E-state index in [2.05, 4.69) is 9.97 Å². The van der Waals surface area contributed by atoms with Crippen molar-refractivity contribution in [1.82, 2.24) is 9.97 Å². The van der Waals surface area contributed by atoms with Crippen LogP contribution in [0.4, 0.5) is 11.8 Å². The summed E-state index contributed by atoms with van der Waals surface area (Å²) in [5.41, 5.74) is 13.3. The van der Waals surface area contributed by atoms with Gasteiger partial charge in [-0.2, -0.15) is 10.2 Å². The van der Waals surface area contributed by atoms with Crippen LogP contribution in [0.1, 0.15) is 11.1 Å². The minimum Gasteiger partial charge on any atom is -0.493 e. The van der Waals surface area contributed by atoms with E-state index >= 15 is 0 Å². The van der Waals surface area contributed by atoms with Crippen LogP contribution in [0.25, 0.3) is 11.3 Å². The molecule has 3 rings (SSSR count). The monoisotopic (exact) mass is 381 g/mol. The average Bonchev–Trinajstić information content (AvgIpc) is 2.66. The number of nitrogen functional groups attached to an aromatic ring is 2. The van der Waals surface area contributed by atoms with Crippen LogP contribution < -0.4 is 20.9 Å². The number of nitrogens with two attached hydrogens (primary N) is 2. The zero-order chi connectivity index (χ0) is 19.4. The van der Waals surface area contributed by atoms with Crippen LogP contribution in [-0.2, 0) is 6.61 Å². The van der Waals surface area contributed by atoms with Crippen molar-refractivity contribution in [3.8, 4) is 28.8 Å². The predicted octanol–water partition coefficient (Wildman–Crippen LogP) is 3.42. The van der Waals surface area contributed by atoms with Gasteiger partial charge < -0.3 is 20.9 Å². The smallest absolute Gasteiger partial charge is 0.222 e. The standard InChI is InChI=1S/C19H16ClN5O2/c1-26-15-8-12(16-13(9-21)18(22)25-19(23)24-16)7-14(20)17(15)27-10-11-5-3-2-4-6-11/h2-8H,10H2,1H3,(H4,22,23,24,25). The van der Waals surface area contributed by atoms with Crippen molar-refractivity contribution < 1.29 is 9.47 Å². The fraction of sp³-hybridized carbons (Fsp3) is 0.105. The first-order valence-electron chi connectivity index (χ1n) is 7.91. The van der Waals surface area contributed by atoms with E-state index in [1.54, 1.807) is 12.1 Å². The van der Waals surface area contributed by atoms with Crippen molar-refractivity contribution in [3.63, 3.8) is 0 Å². The molecule has 0 amide bonds. The van der Waals surface area contributed by atoms with Crippen LogP contribution in [0, 0.1) is 11.3 Å². The molecule has 0 bridgehead atoms. The number of anilines is 2. The van der Waals surface area contributed by atoms with Gasteiger partial charge in [-0.05, 0) is 17.7 Å². The highest BCUT2D eigenvalue weighted by atomic mass is 35.5. The highest BCUT2D eigenvalue weighted by Crippen LogP contribution is 2.40. The molecule has 0 saturated heterocycles. The minimum absolute atomic E-state index is 0.000469. The van der Waals surface area contributed by atoms with Crippen molar-refractivity contribution in [1.29, 1.82) is 5.26 Å². The third kappa shape index (κ3) is 3.86. The molecule has 0 aliphatic rings. The zero-order valence-electron chi connectivity index (χ0n) is 14.4. The molecule has 0 aliphatic heterocycles. The van der Waals surface area contributed by atoms with Gasteiger partial charge in [0.15, 0.2) is 11.5 Å². The first kappa shape index (κ1) is 18.3. The maximum atomic E-state index is 9.37. The SMILES string of the molecule is COc1cc(-c2nc(N)nc(N)c2C#N)cc(Cl)c1OCc1ccccc1. The van der Waals surface area contributed by atoms with Crippen molar-refractivity contribution >= 4 is 23.4 Å². The normalized spacial score (nSPS) is 10.3. The third-order valence-corrected chi connectivity index (χ3v) is 4.08. The summed E-state index contributed by atoms with van der Waals surface area (Å²) >= 11 is 6.41. The molecule has 136 valence electrons. The summed E-state index contributed by atoms with van der Waals surface area (Å²) in [7, 11) is 1.50. The van der Waals surface area contributed by atoms with Gasteiger partial charge in [-0.25, -0.2) is 4.98 Å². The van der Waals surface area contributed by atoms with Gasteiger partial charge in [-0.1, -0.05) is 41.9 Å². The topological polar surface area (TPSA) is 120 Å². The Labute approximate surface area is 161 Å². The van der Waals surface area contributed by atoms with Gasteiger partial charge in [-0.3, -0.25) is 0 Å². The number of rotatable bonds is 5. The summed E-state index contributed by atoms with van der Waals surface area (Å²) in [5.74, 6) is 0.744. The second kappa shape index (κ2) is 7.81. The minimum atomic E-state index is -0.0407. The fourth-order valence-electron chi connectivity index (χ4n) is 2.54. The number of nitrogens with zero attached hydrogens (tertiary/aromatic N) is 3. The van der Waals surface area contributed by atoms with Crippen molar-refractivity contribution in [2.45, 2.75) is 6.61 Å². The molecular weight excluding hydrogens is 366 g/mol. The van der Waals surface area contributed by atoms with Crippen LogP contribution in [0.2, 0.25) is 5.02 Å². The highest BCUT2D eigenvalue weighted by molar-refractivity contribution is 6.32. The molecular formula is C19H16ClN5O2. The van der Waals surface area contributed by atoms with Gasteiger partial charge in [0.2, 0.25) is 5.95 Å². The molecule has 0 atom stereocenters. The van der Waals surface area contributed by atoms with E-state index in [1.165, 1.54) is 7.11 Å². The molecule has 0 radical (unpaired) electrons. The molecule has 2 aromatic carbocycles. The van der Waals surface area contributed by atoms with Crippen LogP contribution in [0.3, 0.4) is 0 Å². The summed E-state index contributed by atoms with van der Waals surface area (Å²) < 4.78 is 11.2. The number of methoxy groups -OCH3 is 1. The number of nitriles is 1. The maximum absolute atomic E-state index is 9.37. The Bertz CT molecular complexity index is 1020. The Balaban J connectivity index is 2.01. The van der Waals surface area contributed by atoms with E-state index in [-0.39, 0.29) is 23.0 Å². The van der Waals surface area contributed by atoms with Gasteiger partial charge in [0, 0.05) is 5.56 Å². The second-order valence-electron chi connectivity index (χ2n) is 5.57. The Morgan fingerprint density at radius 1 is 1.15 bits per heavy atom. The molecule has 3 aromatic rings. The summed E-state index contributed by atoms with van der Waals surface area (Å²) in [6, 6.07) is 14.9. The first-order chi connectivity index (χ1) is 13.0. The molecule has 0 aliphatic carbocycles. The quantitative estimate of drug-likeness (QED) is 0.694. The maximum Gasteiger partial charge on any atom is 0.222 e. The number of hydrogen-bond donors (Lipinski definition) is 2. The van der Waals surface area contributed by atoms with Crippen LogP contribution in [-0.4, -0.2) is 17.1 Å². The third-order valence-electron chi connectivity index (χ3n) is 3.79. The van der Waals surface area contributed by atoms with E-state index in [1.807, 2.05) is 36.4 Å². The molecule has 0 saturated carbocycles. The fourth-order valence-corrected chi connectivity index (χ4v) is 2.81. The van der Waals surface area contributed by atoms with Crippen molar-refractivity contribution in [3.05, 3.63) is 58.6 Å². The molecule has 4 N–H and O–H groups in total. The summed E-state index contributed by atoms with van der Waals surface area (Å²) in [5, 5.41) is 9.68. The lowest BCUT2D eigenvalue weighted by molar-refractivity contribution is 0.285. The molecule has 27 heavy (non-hydrogen) atoms. The number of halogens is 1. The molecule has 0 unspecified atom stereocenters. The lowest BCUT2D eigenvalue weighted by Gasteiger charge is -2.15. The second-order valence-corrected chi connectivity index (χ2v) is 5.97. The van der Waals surface area contributed by atoms with Crippen molar-refractivity contribution in [2.75, 3.05) is 18.6 Å². The highest BCUT2D eigenvalue weighted by Gasteiger charge is 2.18. The molecule has 0 spiro atoms. The Kier molecular flexibility index (Phi) is 5.29. The molecule has 8 heteroatoms. The first-order valence-corrected chi connectivity index (χ1v) is 8.29. The molecule has 1 aromatic heterocycles. The Morgan fingerprint density at radius 2 is 1.89 bits per heavy atom. The van der Waals surface area contributed by atoms with Crippen LogP contribution in [0.15, 0.2) is 42.5 Å². The summed E-state index contributed by atoms with van der Waals surface area (Å²) in [4.78, 5) is 7.93. The summed E-state index contributed by atoms with van der Waals surface area (Å²) in [6.45, 7) is 0.327. The van der Waals surface area contributed by atoms with Gasteiger partial charge in [0.05, 0.1) is 17.8 Å². The molecule has 1 heterocycles. The van der Waals surface area contributed by atoms with Crippen LogP contribution in [0.5, 0.6) is 11.5 Å². The van der Waals surface area contributed by atoms with E-state index in [4.69, 9.17) is 32.5 Å². The Morgan fingerprint density at radius 3 is 2.56 bits per heavy atom. The van der Waals surface area contributed by atoms with Gasteiger partial charge in [0.1, 0.15) is 24.1 Å². The van der Waals surface area contributed by atoms with Gasteiger partial charge in [0.25, 0.3) is 0 Å². The lowest BCUT2D eigenvalue weighted by atomic mass is 10.1. The van der Waals surface area contributed by atoms with E-state index < -0.39 is 0 Å². The van der Waals surface area contributed by atoms with Gasteiger partial charge in [-0.15, -0.1) is 0 Å². The Hall–Kier alpha value is -3.50. The van der Waals surface area contributed by atoms with E-state index in [0.29, 0.717) is 28.7 Å². The zero-order valence-corrected chi connectivity index (χ0v) is 15.2.